The Hall–Kier alpha value is -2.02. The molecule has 1 aliphatic rings. The van der Waals surface area contributed by atoms with Crippen LogP contribution in [0.1, 0.15) is 24.2 Å². The molecule has 7 nitrogen and oxygen atoms in total. The number of carbonyl (C=O) groups is 2. The number of hydrogen-bond donors (Lipinski definition) is 1. The van der Waals surface area contributed by atoms with Crippen LogP contribution in [0.2, 0.25) is 0 Å². The molecule has 0 spiro atoms. The Morgan fingerprint density at radius 1 is 1.48 bits per heavy atom. The highest BCUT2D eigenvalue weighted by molar-refractivity contribution is 5.93. The van der Waals surface area contributed by atoms with Gasteiger partial charge in [0, 0.05) is 32.0 Å². The van der Waals surface area contributed by atoms with Gasteiger partial charge in [-0.25, -0.2) is 9.97 Å². The molecular weight excluding hydrogens is 272 g/mol. The first-order chi connectivity index (χ1) is 10.1. The van der Waals surface area contributed by atoms with Crippen molar-refractivity contribution < 1.29 is 14.3 Å². The summed E-state index contributed by atoms with van der Waals surface area (Å²) in [5.41, 5.74) is 0.406. The molecule has 21 heavy (non-hydrogen) atoms. The molecule has 0 aromatic carbocycles. The number of aromatic nitrogens is 2. The van der Waals surface area contributed by atoms with Gasteiger partial charge in [0.15, 0.2) is 0 Å². The van der Waals surface area contributed by atoms with Gasteiger partial charge in [-0.3, -0.25) is 9.59 Å². The summed E-state index contributed by atoms with van der Waals surface area (Å²) in [6.45, 7) is 5.77. The minimum absolute atomic E-state index is 0.00253. The van der Waals surface area contributed by atoms with E-state index in [0.717, 1.165) is 0 Å². The maximum atomic E-state index is 11.9. The van der Waals surface area contributed by atoms with Crippen LogP contribution in [0, 0.1) is 5.92 Å². The third-order valence-electron chi connectivity index (χ3n) is 3.12. The van der Waals surface area contributed by atoms with Crippen LogP contribution in [0.4, 0.5) is 0 Å². The van der Waals surface area contributed by atoms with E-state index in [2.05, 4.69) is 29.1 Å². The zero-order valence-electron chi connectivity index (χ0n) is 12.3. The van der Waals surface area contributed by atoms with Gasteiger partial charge in [-0.15, -0.1) is 0 Å². The molecule has 1 N–H and O–H groups in total. The highest BCUT2D eigenvalue weighted by Gasteiger charge is 2.26. The third-order valence-corrected chi connectivity index (χ3v) is 3.12. The van der Waals surface area contributed by atoms with E-state index in [-0.39, 0.29) is 24.5 Å². The Morgan fingerprint density at radius 2 is 2.19 bits per heavy atom. The van der Waals surface area contributed by atoms with Crippen LogP contribution < -0.4 is 5.32 Å². The number of hydrogen-bond acceptors (Lipinski definition) is 5. The van der Waals surface area contributed by atoms with Gasteiger partial charge in [0.2, 0.25) is 5.91 Å². The summed E-state index contributed by atoms with van der Waals surface area (Å²) in [5, 5.41) is 2.78. The lowest BCUT2D eigenvalue weighted by molar-refractivity contribution is -0.149. The molecule has 1 atom stereocenters. The average molecular weight is 292 g/mol. The Morgan fingerprint density at radius 3 is 2.86 bits per heavy atom. The lowest BCUT2D eigenvalue weighted by Crippen LogP contribution is -2.51. The molecule has 2 heterocycles. The van der Waals surface area contributed by atoms with E-state index in [1.807, 2.05) is 0 Å². The van der Waals surface area contributed by atoms with Gasteiger partial charge >= 0.3 is 0 Å². The van der Waals surface area contributed by atoms with Gasteiger partial charge in [0.1, 0.15) is 12.9 Å². The van der Waals surface area contributed by atoms with Crippen molar-refractivity contribution in [2.45, 2.75) is 20.0 Å². The van der Waals surface area contributed by atoms with Crippen molar-refractivity contribution in [3.8, 4) is 0 Å². The standard InChI is InChI=1S/C14H20N4O3/c1-10(2)6-18-7-12(21-8-13(18)19)5-17-14(20)11-3-15-9-16-4-11/h3-4,9-10,12H,5-8H2,1-2H3,(H,17,20). The van der Waals surface area contributed by atoms with Crippen LogP contribution in [0.5, 0.6) is 0 Å². The normalized spacial score (nSPS) is 18.9. The number of nitrogens with zero attached hydrogens (tertiary/aromatic N) is 3. The molecule has 1 aromatic heterocycles. The predicted octanol–water partition coefficient (Wildman–Crippen LogP) is 0.0898. The molecule has 2 amide bonds. The molecule has 1 unspecified atom stereocenters. The summed E-state index contributed by atoms with van der Waals surface area (Å²) in [6, 6.07) is 0. The first-order valence-corrected chi connectivity index (χ1v) is 6.99. The molecule has 0 saturated carbocycles. The Bertz CT molecular complexity index is 492. The number of nitrogens with one attached hydrogen (secondary N) is 1. The largest absolute Gasteiger partial charge is 0.365 e. The second-order valence-corrected chi connectivity index (χ2v) is 5.46. The lowest BCUT2D eigenvalue weighted by Gasteiger charge is -2.33. The summed E-state index contributed by atoms with van der Waals surface area (Å²) in [6.07, 6.45) is 4.10. The predicted molar refractivity (Wildman–Crippen MR) is 75.5 cm³/mol. The van der Waals surface area contributed by atoms with Crippen LogP contribution in [-0.4, -0.2) is 59.0 Å². The summed E-state index contributed by atoms with van der Waals surface area (Å²) in [5.74, 6) is 0.165. The average Bonchev–Trinajstić information content (AvgIpc) is 2.48. The van der Waals surface area contributed by atoms with Crippen molar-refractivity contribution >= 4 is 11.8 Å². The highest BCUT2D eigenvalue weighted by atomic mass is 16.5. The van der Waals surface area contributed by atoms with Crippen molar-refractivity contribution in [3.63, 3.8) is 0 Å². The lowest BCUT2D eigenvalue weighted by atomic mass is 10.1. The van der Waals surface area contributed by atoms with Crippen LogP contribution in [0.3, 0.4) is 0 Å². The SMILES string of the molecule is CC(C)CN1CC(CNC(=O)c2cncnc2)OCC1=O. The highest BCUT2D eigenvalue weighted by Crippen LogP contribution is 2.09. The van der Waals surface area contributed by atoms with Crippen LogP contribution in [-0.2, 0) is 9.53 Å². The topological polar surface area (TPSA) is 84.4 Å². The number of rotatable bonds is 5. The van der Waals surface area contributed by atoms with E-state index in [1.54, 1.807) is 4.90 Å². The quantitative estimate of drug-likeness (QED) is 0.831. The van der Waals surface area contributed by atoms with Crippen molar-refractivity contribution in [3.05, 3.63) is 24.3 Å². The zero-order chi connectivity index (χ0) is 15.2. The van der Waals surface area contributed by atoms with Gasteiger partial charge in [-0.2, -0.15) is 0 Å². The third kappa shape index (κ3) is 4.49. The van der Waals surface area contributed by atoms with Gasteiger partial charge in [-0.1, -0.05) is 13.8 Å². The maximum absolute atomic E-state index is 11.9. The van der Waals surface area contributed by atoms with Crippen molar-refractivity contribution in [2.75, 3.05) is 26.2 Å². The Balaban J connectivity index is 1.83. The fourth-order valence-corrected chi connectivity index (χ4v) is 2.15. The molecule has 1 saturated heterocycles. The molecule has 0 radical (unpaired) electrons. The first kappa shape index (κ1) is 15.4. The molecule has 2 rings (SSSR count). The smallest absolute Gasteiger partial charge is 0.254 e. The monoisotopic (exact) mass is 292 g/mol. The van der Waals surface area contributed by atoms with Crippen LogP contribution in [0.25, 0.3) is 0 Å². The maximum Gasteiger partial charge on any atom is 0.254 e. The van der Waals surface area contributed by atoms with Crippen LogP contribution >= 0.6 is 0 Å². The molecule has 7 heteroatoms. The molecule has 1 aromatic rings. The number of carbonyl (C=O) groups excluding carboxylic acids is 2. The van der Waals surface area contributed by atoms with E-state index >= 15 is 0 Å². The van der Waals surface area contributed by atoms with E-state index in [1.165, 1.54) is 18.7 Å². The van der Waals surface area contributed by atoms with Gasteiger partial charge in [0.25, 0.3) is 5.91 Å². The first-order valence-electron chi connectivity index (χ1n) is 6.99. The minimum atomic E-state index is -0.244. The molecule has 0 aliphatic carbocycles. The van der Waals surface area contributed by atoms with Gasteiger partial charge in [-0.05, 0) is 5.92 Å². The molecule has 0 bridgehead atoms. The summed E-state index contributed by atoms with van der Waals surface area (Å²) in [7, 11) is 0. The fourth-order valence-electron chi connectivity index (χ4n) is 2.15. The molecule has 1 aliphatic heterocycles. The van der Waals surface area contributed by atoms with Crippen LogP contribution in [0.15, 0.2) is 18.7 Å². The Kier molecular flexibility index (Phi) is 5.21. The zero-order valence-corrected chi connectivity index (χ0v) is 12.3. The van der Waals surface area contributed by atoms with E-state index in [9.17, 15) is 9.59 Å². The number of ether oxygens (including phenoxy) is 1. The number of morpholine rings is 1. The fraction of sp³-hybridized carbons (Fsp3) is 0.571. The molecular formula is C14H20N4O3. The van der Waals surface area contributed by atoms with Crippen molar-refractivity contribution in [1.29, 1.82) is 0 Å². The second-order valence-electron chi connectivity index (χ2n) is 5.46. The minimum Gasteiger partial charge on any atom is -0.365 e. The van der Waals surface area contributed by atoms with Gasteiger partial charge in [0.05, 0.1) is 11.7 Å². The molecule has 1 fully saturated rings. The van der Waals surface area contributed by atoms with Gasteiger partial charge < -0.3 is 15.0 Å². The number of amides is 2. The van der Waals surface area contributed by atoms with Crippen molar-refractivity contribution in [2.24, 2.45) is 5.92 Å². The van der Waals surface area contributed by atoms with E-state index in [4.69, 9.17) is 4.74 Å². The summed E-state index contributed by atoms with van der Waals surface area (Å²) < 4.78 is 5.45. The summed E-state index contributed by atoms with van der Waals surface area (Å²) in [4.78, 5) is 33.0. The summed E-state index contributed by atoms with van der Waals surface area (Å²) >= 11 is 0. The van der Waals surface area contributed by atoms with Crippen molar-refractivity contribution in [1.82, 2.24) is 20.2 Å². The second kappa shape index (κ2) is 7.12. The van der Waals surface area contributed by atoms with E-state index < -0.39 is 0 Å². The molecule has 114 valence electrons. The van der Waals surface area contributed by atoms with E-state index in [0.29, 0.717) is 31.1 Å². The Labute approximate surface area is 123 Å².